The standard InChI is InChI=1S/C18H22O5/c1-11-13(10-12-8-6-7-9-14(12)19)16(21-3)18(23-5)17(22-4)15(11)20-2/h6-9,19H,10H2,1-5H3. The van der Waals surface area contributed by atoms with Crippen LogP contribution in [0.25, 0.3) is 0 Å². The monoisotopic (exact) mass is 318 g/mol. The van der Waals surface area contributed by atoms with E-state index in [0.717, 1.165) is 16.7 Å². The Balaban J connectivity index is 2.69. The van der Waals surface area contributed by atoms with Crippen LogP contribution in [0.15, 0.2) is 24.3 Å². The van der Waals surface area contributed by atoms with Gasteiger partial charge in [-0.05, 0) is 18.6 Å². The maximum atomic E-state index is 10.1. The van der Waals surface area contributed by atoms with Crippen molar-refractivity contribution in [3.05, 3.63) is 41.0 Å². The van der Waals surface area contributed by atoms with Crippen molar-refractivity contribution in [2.75, 3.05) is 28.4 Å². The fraction of sp³-hybridized carbons (Fsp3) is 0.333. The largest absolute Gasteiger partial charge is 0.508 e. The van der Waals surface area contributed by atoms with Crippen molar-refractivity contribution >= 4 is 0 Å². The van der Waals surface area contributed by atoms with Gasteiger partial charge in [0.2, 0.25) is 11.5 Å². The lowest BCUT2D eigenvalue weighted by Crippen LogP contribution is -2.05. The third-order valence-electron chi connectivity index (χ3n) is 3.86. The molecule has 0 aliphatic rings. The predicted octanol–water partition coefficient (Wildman–Crippen LogP) is 3.33. The molecule has 0 amide bonds. The highest BCUT2D eigenvalue weighted by molar-refractivity contribution is 5.67. The van der Waals surface area contributed by atoms with E-state index >= 15 is 0 Å². The fourth-order valence-electron chi connectivity index (χ4n) is 2.72. The number of aromatic hydroxyl groups is 1. The van der Waals surface area contributed by atoms with Crippen LogP contribution in [0.5, 0.6) is 28.7 Å². The molecule has 0 saturated heterocycles. The van der Waals surface area contributed by atoms with Gasteiger partial charge in [0.1, 0.15) is 5.75 Å². The fourth-order valence-corrected chi connectivity index (χ4v) is 2.72. The Morgan fingerprint density at radius 3 is 1.83 bits per heavy atom. The third kappa shape index (κ3) is 2.99. The molecule has 0 aliphatic heterocycles. The molecule has 0 spiro atoms. The van der Waals surface area contributed by atoms with Crippen LogP contribution >= 0.6 is 0 Å². The van der Waals surface area contributed by atoms with E-state index in [-0.39, 0.29) is 5.75 Å². The van der Waals surface area contributed by atoms with Crippen molar-refractivity contribution in [3.8, 4) is 28.7 Å². The SMILES string of the molecule is COc1c(C)c(Cc2ccccc2O)c(OC)c(OC)c1OC. The minimum absolute atomic E-state index is 0.239. The number of para-hydroxylation sites is 1. The zero-order chi connectivity index (χ0) is 17.0. The number of benzene rings is 2. The van der Waals surface area contributed by atoms with Gasteiger partial charge in [0.05, 0.1) is 28.4 Å². The van der Waals surface area contributed by atoms with E-state index in [1.54, 1.807) is 40.6 Å². The summed E-state index contributed by atoms with van der Waals surface area (Å²) in [5, 5.41) is 10.1. The van der Waals surface area contributed by atoms with Gasteiger partial charge in [-0.25, -0.2) is 0 Å². The molecule has 2 rings (SSSR count). The Morgan fingerprint density at radius 2 is 1.30 bits per heavy atom. The molecule has 0 fully saturated rings. The first-order chi connectivity index (χ1) is 11.1. The van der Waals surface area contributed by atoms with Crippen molar-refractivity contribution in [2.45, 2.75) is 13.3 Å². The molecule has 0 atom stereocenters. The van der Waals surface area contributed by atoms with Gasteiger partial charge in [-0.2, -0.15) is 0 Å². The van der Waals surface area contributed by atoms with Gasteiger partial charge in [0.15, 0.2) is 11.5 Å². The zero-order valence-corrected chi connectivity index (χ0v) is 14.1. The van der Waals surface area contributed by atoms with E-state index in [1.165, 1.54) is 0 Å². The van der Waals surface area contributed by atoms with E-state index < -0.39 is 0 Å². The summed E-state index contributed by atoms with van der Waals surface area (Å²) < 4.78 is 22.0. The van der Waals surface area contributed by atoms with Crippen molar-refractivity contribution in [1.82, 2.24) is 0 Å². The van der Waals surface area contributed by atoms with Crippen LogP contribution in [0.1, 0.15) is 16.7 Å². The molecule has 5 nitrogen and oxygen atoms in total. The highest BCUT2D eigenvalue weighted by Gasteiger charge is 2.25. The van der Waals surface area contributed by atoms with Crippen molar-refractivity contribution < 1.29 is 24.1 Å². The van der Waals surface area contributed by atoms with E-state index in [2.05, 4.69) is 0 Å². The number of ether oxygens (including phenoxy) is 4. The maximum absolute atomic E-state index is 10.1. The first-order valence-corrected chi connectivity index (χ1v) is 7.21. The highest BCUT2D eigenvalue weighted by atomic mass is 16.5. The van der Waals surface area contributed by atoms with Crippen LogP contribution in [-0.2, 0) is 6.42 Å². The molecule has 0 aliphatic carbocycles. The molecule has 0 aromatic heterocycles. The predicted molar refractivity (Wildman–Crippen MR) is 88.3 cm³/mol. The van der Waals surface area contributed by atoms with Crippen molar-refractivity contribution in [3.63, 3.8) is 0 Å². The second-order valence-corrected chi connectivity index (χ2v) is 5.04. The molecular weight excluding hydrogens is 296 g/mol. The van der Waals surface area contributed by atoms with Crippen LogP contribution in [-0.4, -0.2) is 33.5 Å². The lowest BCUT2D eigenvalue weighted by Gasteiger charge is -2.21. The molecule has 1 N–H and O–H groups in total. The molecule has 0 radical (unpaired) electrons. The van der Waals surface area contributed by atoms with Crippen LogP contribution < -0.4 is 18.9 Å². The highest BCUT2D eigenvalue weighted by Crippen LogP contribution is 2.50. The Labute approximate surface area is 136 Å². The molecule has 0 bridgehead atoms. The first kappa shape index (κ1) is 16.8. The maximum Gasteiger partial charge on any atom is 0.207 e. The number of hydrogen-bond acceptors (Lipinski definition) is 5. The lowest BCUT2D eigenvalue weighted by atomic mass is 9.97. The van der Waals surface area contributed by atoms with Crippen LogP contribution in [0.2, 0.25) is 0 Å². The minimum atomic E-state index is 0.239. The van der Waals surface area contributed by atoms with Gasteiger partial charge in [-0.15, -0.1) is 0 Å². The number of phenols is 1. The summed E-state index contributed by atoms with van der Waals surface area (Å²) in [5.74, 6) is 2.37. The van der Waals surface area contributed by atoms with Crippen LogP contribution in [0.4, 0.5) is 0 Å². The second kappa shape index (κ2) is 7.13. The summed E-state index contributed by atoms with van der Waals surface area (Å²) in [7, 11) is 6.28. The molecule has 0 saturated carbocycles. The molecule has 23 heavy (non-hydrogen) atoms. The third-order valence-corrected chi connectivity index (χ3v) is 3.86. The Bertz CT molecular complexity index is 694. The molecule has 2 aromatic rings. The van der Waals surface area contributed by atoms with Gasteiger partial charge < -0.3 is 24.1 Å². The van der Waals surface area contributed by atoms with Gasteiger partial charge in [-0.1, -0.05) is 18.2 Å². The minimum Gasteiger partial charge on any atom is -0.508 e. The van der Waals surface area contributed by atoms with Crippen molar-refractivity contribution in [1.29, 1.82) is 0 Å². The van der Waals surface area contributed by atoms with Crippen LogP contribution in [0.3, 0.4) is 0 Å². The molecule has 0 unspecified atom stereocenters. The Kier molecular flexibility index (Phi) is 5.21. The first-order valence-electron chi connectivity index (χ1n) is 7.21. The van der Waals surface area contributed by atoms with Gasteiger partial charge in [0.25, 0.3) is 0 Å². The number of methoxy groups -OCH3 is 4. The summed E-state index contributed by atoms with van der Waals surface area (Å²) in [5.41, 5.74) is 2.55. The zero-order valence-electron chi connectivity index (χ0n) is 14.1. The summed E-state index contributed by atoms with van der Waals surface area (Å²) in [6, 6.07) is 7.21. The average molecular weight is 318 g/mol. The second-order valence-electron chi connectivity index (χ2n) is 5.04. The van der Waals surface area contributed by atoms with E-state index in [4.69, 9.17) is 18.9 Å². The topological polar surface area (TPSA) is 57.2 Å². The summed E-state index contributed by atoms with van der Waals surface area (Å²) in [6.45, 7) is 1.93. The number of phenolic OH excluding ortho intramolecular Hbond substituents is 1. The Hall–Kier alpha value is -2.56. The van der Waals surface area contributed by atoms with Crippen LogP contribution in [0, 0.1) is 6.92 Å². The smallest absolute Gasteiger partial charge is 0.207 e. The number of rotatable bonds is 6. The molecule has 2 aromatic carbocycles. The van der Waals surface area contributed by atoms with E-state index in [0.29, 0.717) is 29.4 Å². The molecule has 5 heteroatoms. The normalized spacial score (nSPS) is 10.3. The van der Waals surface area contributed by atoms with Gasteiger partial charge >= 0.3 is 0 Å². The van der Waals surface area contributed by atoms with Gasteiger partial charge in [-0.3, -0.25) is 0 Å². The summed E-state index contributed by atoms with van der Waals surface area (Å²) in [4.78, 5) is 0. The van der Waals surface area contributed by atoms with Crippen molar-refractivity contribution in [2.24, 2.45) is 0 Å². The lowest BCUT2D eigenvalue weighted by molar-refractivity contribution is 0.302. The Morgan fingerprint density at radius 1 is 0.783 bits per heavy atom. The quantitative estimate of drug-likeness (QED) is 0.885. The number of hydrogen-bond donors (Lipinski definition) is 1. The average Bonchev–Trinajstić information content (AvgIpc) is 2.57. The molecule has 124 valence electrons. The summed E-state index contributed by atoms with van der Waals surface area (Å²) in [6.07, 6.45) is 0.485. The van der Waals surface area contributed by atoms with E-state index in [9.17, 15) is 5.11 Å². The summed E-state index contributed by atoms with van der Waals surface area (Å²) >= 11 is 0. The van der Waals surface area contributed by atoms with E-state index in [1.807, 2.05) is 19.1 Å². The molecule has 0 heterocycles. The van der Waals surface area contributed by atoms with Gasteiger partial charge in [0, 0.05) is 17.5 Å². The molecular formula is C18H22O5.